The van der Waals surface area contributed by atoms with E-state index in [1.54, 1.807) is 11.8 Å². The van der Waals surface area contributed by atoms with Crippen molar-refractivity contribution in [2.45, 2.75) is 63.3 Å². The minimum Gasteiger partial charge on any atom is -0.350 e. The van der Waals surface area contributed by atoms with Crippen LogP contribution < -0.4 is 5.32 Å². The van der Waals surface area contributed by atoms with Crippen molar-refractivity contribution in [3.63, 3.8) is 0 Å². The third-order valence-corrected chi connectivity index (χ3v) is 5.45. The van der Waals surface area contributed by atoms with Gasteiger partial charge in [0.1, 0.15) is 6.04 Å². The molecule has 19 heavy (non-hydrogen) atoms. The van der Waals surface area contributed by atoms with E-state index in [9.17, 15) is 9.59 Å². The average molecular weight is 284 g/mol. The number of amides is 2. The molecule has 0 unspecified atom stereocenters. The fourth-order valence-electron chi connectivity index (χ4n) is 3.20. The molecule has 1 aliphatic carbocycles. The maximum Gasteiger partial charge on any atom is 0.243 e. The lowest BCUT2D eigenvalue weighted by molar-refractivity contribution is -0.137. The molecule has 1 aliphatic heterocycles. The molecule has 2 rings (SSSR count). The van der Waals surface area contributed by atoms with Gasteiger partial charge in [-0.1, -0.05) is 13.3 Å². The van der Waals surface area contributed by atoms with Crippen LogP contribution in [0.3, 0.4) is 0 Å². The van der Waals surface area contributed by atoms with Gasteiger partial charge in [-0.05, 0) is 31.4 Å². The SMILES string of the molecule is CCS[C@H]1CCC[C@H]1NC(=O)[C@@H]1CCCN1C(C)=O. The van der Waals surface area contributed by atoms with Crippen molar-refractivity contribution in [3.05, 3.63) is 0 Å². The number of thioether (sulfide) groups is 1. The van der Waals surface area contributed by atoms with Crippen LogP contribution in [0.2, 0.25) is 0 Å². The minimum absolute atomic E-state index is 0.0172. The molecular weight excluding hydrogens is 260 g/mol. The Morgan fingerprint density at radius 2 is 2.05 bits per heavy atom. The van der Waals surface area contributed by atoms with Crippen molar-refractivity contribution in [2.75, 3.05) is 12.3 Å². The summed E-state index contributed by atoms with van der Waals surface area (Å²) in [7, 11) is 0. The highest BCUT2D eigenvalue weighted by molar-refractivity contribution is 7.99. The molecular formula is C14H24N2O2S. The molecule has 0 radical (unpaired) electrons. The molecule has 3 atom stereocenters. The van der Waals surface area contributed by atoms with Crippen LogP contribution in [0.25, 0.3) is 0 Å². The quantitative estimate of drug-likeness (QED) is 0.856. The van der Waals surface area contributed by atoms with E-state index in [4.69, 9.17) is 0 Å². The molecule has 2 fully saturated rings. The van der Waals surface area contributed by atoms with Gasteiger partial charge in [0, 0.05) is 24.8 Å². The Kier molecular flexibility index (Phi) is 5.13. The number of carbonyl (C=O) groups excluding carboxylic acids is 2. The molecule has 108 valence electrons. The zero-order chi connectivity index (χ0) is 13.8. The third-order valence-electron chi connectivity index (χ3n) is 4.12. The molecule has 4 nitrogen and oxygen atoms in total. The van der Waals surface area contributed by atoms with E-state index >= 15 is 0 Å². The summed E-state index contributed by atoms with van der Waals surface area (Å²) in [6.07, 6.45) is 5.23. The van der Waals surface area contributed by atoms with Crippen molar-refractivity contribution < 1.29 is 9.59 Å². The number of rotatable bonds is 4. The van der Waals surface area contributed by atoms with Crippen LogP contribution in [0.1, 0.15) is 46.0 Å². The summed E-state index contributed by atoms with van der Waals surface area (Å²) in [5.41, 5.74) is 0. The summed E-state index contributed by atoms with van der Waals surface area (Å²) in [6, 6.07) is 0.0669. The van der Waals surface area contributed by atoms with Gasteiger partial charge in [-0.3, -0.25) is 9.59 Å². The first kappa shape index (κ1) is 14.7. The highest BCUT2D eigenvalue weighted by Gasteiger charge is 2.35. The lowest BCUT2D eigenvalue weighted by atomic mass is 10.1. The van der Waals surface area contributed by atoms with Crippen LogP contribution in [0.4, 0.5) is 0 Å². The molecule has 1 saturated carbocycles. The van der Waals surface area contributed by atoms with Crippen molar-refractivity contribution >= 4 is 23.6 Å². The smallest absolute Gasteiger partial charge is 0.243 e. The predicted molar refractivity (Wildman–Crippen MR) is 78.1 cm³/mol. The van der Waals surface area contributed by atoms with Gasteiger partial charge < -0.3 is 10.2 Å². The molecule has 2 aliphatic rings. The predicted octanol–water partition coefficient (Wildman–Crippen LogP) is 1.79. The number of nitrogens with one attached hydrogen (secondary N) is 1. The first-order valence-corrected chi connectivity index (χ1v) is 8.37. The summed E-state index contributed by atoms with van der Waals surface area (Å²) >= 11 is 1.94. The van der Waals surface area contributed by atoms with Gasteiger partial charge in [0.15, 0.2) is 0 Å². The fraction of sp³-hybridized carbons (Fsp3) is 0.857. The molecule has 1 saturated heterocycles. The Morgan fingerprint density at radius 3 is 2.74 bits per heavy atom. The molecule has 1 heterocycles. The molecule has 2 amide bonds. The number of nitrogens with zero attached hydrogens (tertiary/aromatic N) is 1. The lowest BCUT2D eigenvalue weighted by Crippen LogP contribution is -2.49. The zero-order valence-electron chi connectivity index (χ0n) is 11.9. The number of hydrogen-bond acceptors (Lipinski definition) is 3. The van der Waals surface area contributed by atoms with Crippen LogP contribution >= 0.6 is 11.8 Å². The number of hydrogen-bond donors (Lipinski definition) is 1. The molecule has 5 heteroatoms. The normalized spacial score (nSPS) is 30.6. The highest BCUT2D eigenvalue weighted by atomic mass is 32.2. The second-order valence-corrected chi connectivity index (χ2v) is 6.93. The second kappa shape index (κ2) is 6.64. The van der Waals surface area contributed by atoms with E-state index < -0.39 is 0 Å². The van der Waals surface area contributed by atoms with Gasteiger partial charge in [0.2, 0.25) is 11.8 Å². The van der Waals surface area contributed by atoms with Crippen LogP contribution in [0, 0.1) is 0 Å². The molecule has 0 aromatic rings. The topological polar surface area (TPSA) is 49.4 Å². The van der Waals surface area contributed by atoms with E-state index in [0.717, 1.165) is 31.6 Å². The second-order valence-electron chi connectivity index (χ2n) is 5.41. The summed E-state index contributed by atoms with van der Waals surface area (Å²) in [4.78, 5) is 25.6. The van der Waals surface area contributed by atoms with E-state index in [0.29, 0.717) is 11.3 Å². The monoisotopic (exact) mass is 284 g/mol. The van der Waals surface area contributed by atoms with Gasteiger partial charge in [0.05, 0.1) is 0 Å². The van der Waals surface area contributed by atoms with Gasteiger partial charge in [-0.25, -0.2) is 0 Å². The van der Waals surface area contributed by atoms with Crippen molar-refractivity contribution in [3.8, 4) is 0 Å². The van der Waals surface area contributed by atoms with Gasteiger partial charge in [-0.2, -0.15) is 11.8 Å². The van der Waals surface area contributed by atoms with Crippen molar-refractivity contribution in [1.82, 2.24) is 10.2 Å². The Bertz CT molecular complexity index is 348. The van der Waals surface area contributed by atoms with Crippen LogP contribution in [-0.2, 0) is 9.59 Å². The Labute approximate surface area is 119 Å². The molecule has 1 N–H and O–H groups in total. The lowest BCUT2D eigenvalue weighted by Gasteiger charge is -2.26. The highest BCUT2D eigenvalue weighted by Crippen LogP contribution is 2.30. The van der Waals surface area contributed by atoms with E-state index in [-0.39, 0.29) is 17.9 Å². The minimum atomic E-state index is -0.231. The summed E-state index contributed by atoms with van der Waals surface area (Å²) in [6.45, 7) is 4.44. The Balaban J connectivity index is 1.91. The summed E-state index contributed by atoms with van der Waals surface area (Å²) in [5, 5.41) is 3.74. The van der Waals surface area contributed by atoms with Gasteiger partial charge in [-0.15, -0.1) is 0 Å². The van der Waals surface area contributed by atoms with E-state index in [1.807, 2.05) is 11.8 Å². The first-order chi connectivity index (χ1) is 9.13. The molecule has 0 bridgehead atoms. The zero-order valence-corrected chi connectivity index (χ0v) is 12.7. The van der Waals surface area contributed by atoms with Crippen molar-refractivity contribution in [1.29, 1.82) is 0 Å². The number of carbonyl (C=O) groups is 2. The van der Waals surface area contributed by atoms with Gasteiger partial charge >= 0.3 is 0 Å². The average Bonchev–Trinajstić information content (AvgIpc) is 2.98. The van der Waals surface area contributed by atoms with E-state index in [2.05, 4.69) is 12.2 Å². The Hall–Kier alpha value is -0.710. The largest absolute Gasteiger partial charge is 0.350 e. The molecule has 0 aromatic carbocycles. The number of likely N-dealkylation sites (tertiary alicyclic amines) is 1. The first-order valence-electron chi connectivity index (χ1n) is 7.32. The maximum absolute atomic E-state index is 12.4. The Morgan fingerprint density at radius 1 is 1.26 bits per heavy atom. The maximum atomic E-state index is 12.4. The summed E-state index contributed by atoms with van der Waals surface area (Å²) < 4.78 is 0. The van der Waals surface area contributed by atoms with Crippen molar-refractivity contribution in [2.24, 2.45) is 0 Å². The van der Waals surface area contributed by atoms with E-state index in [1.165, 1.54) is 12.8 Å². The molecule has 0 aromatic heterocycles. The van der Waals surface area contributed by atoms with Crippen LogP contribution in [0.15, 0.2) is 0 Å². The summed E-state index contributed by atoms with van der Waals surface area (Å²) in [5.74, 6) is 1.17. The van der Waals surface area contributed by atoms with Crippen LogP contribution in [0.5, 0.6) is 0 Å². The third kappa shape index (κ3) is 3.44. The fourth-order valence-corrected chi connectivity index (χ4v) is 4.40. The van der Waals surface area contributed by atoms with Gasteiger partial charge in [0.25, 0.3) is 0 Å². The van der Waals surface area contributed by atoms with Crippen LogP contribution in [-0.4, -0.2) is 46.3 Å². The standard InChI is InChI=1S/C14H24N2O2S/c1-3-19-13-8-4-6-11(13)15-14(18)12-7-5-9-16(12)10(2)17/h11-13H,3-9H2,1-2H3,(H,15,18)/t11-,12+,13+/m1/s1. The molecule has 0 spiro atoms.